The van der Waals surface area contributed by atoms with E-state index in [4.69, 9.17) is 16.3 Å². The zero-order valence-electron chi connectivity index (χ0n) is 6.26. The van der Waals surface area contributed by atoms with Gasteiger partial charge in [-0.2, -0.15) is 0 Å². The molecule has 0 atom stereocenters. The van der Waals surface area contributed by atoms with E-state index in [2.05, 4.69) is 4.98 Å². The molecule has 1 N–H and O–H groups in total. The fourth-order valence-electron chi connectivity index (χ4n) is 0.759. The van der Waals surface area contributed by atoms with Crippen LogP contribution < -0.4 is 10.3 Å². The van der Waals surface area contributed by atoms with E-state index in [9.17, 15) is 9.59 Å². The van der Waals surface area contributed by atoms with Crippen LogP contribution in [0.2, 0.25) is 5.02 Å². The summed E-state index contributed by atoms with van der Waals surface area (Å²) in [6, 6.07) is 1.26. The number of hydrogen-bond acceptors (Lipinski definition) is 3. The second-order valence-corrected chi connectivity index (χ2v) is 2.46. The minimum Gasteiger partial charge on any atom is -0.482 e. The third-order valence-electron chi connectivity index (χ3n) is 1.32. The molecule has 5 heteroatoms. The van der Waals surface area contributed by atoms with E-state index in [1.807, 2.05) is 0 Å². The molecule has 0 unspecified atom stereocenters. The summed E-state index contributed by atoms with van der Waals surface area (Å²) in [6.07, 6.45) is 0.556. The molecule has 0 aliphatic carbocycles. The molecule has 12 heavy (non-hydrogen) atoms. The molecule has 4 nitrogen and oxygen atoms in total. The lowest BCUT2D eigenvalue weighted by Gasteiger charge is -2.01. The quantitative estimate of drug-likeness (QED) is 0.699. The fourth-order valence-corrected chi connectivity index (χ4v) is 0.924. The van der Waals surface area contributed by atoms with E-state index in [1.165, 1.54) is 13.2 Å². The first-order valence-corrected chi connectivity index (χ1v) is 3.49. The number of rotatable bonds is 2. The van der Waals surface area contributed by atoms with E-state index >= 15 is 0 Å². The summed E-state index contributed by atoms with van der Waals surface area (Å²) in [5, 5.41) is -0.0297. The van der Waals surface area contributed by atoms with Crippen molar-refractivity contribution in [2.45, 2.75) is 0 Å². The summed E-state index contributed by atoms with van der Waals surface area (Å²) in [6.45, 7) is 0. The Hall–Kier alpha value is -1.29. The molecule has 0 fully saturated rings. The summed E-state index contributed by atoms with van der Waals surface area (Å²) in [4.78, 5) is 23.6. The van der Waals surface area contributed by atoms with Gasteiger partial charge in [0.25, 0.3) is 5.56 Å². The Morgan fingerprint density at radius 3 is 2.83 bits per heavy atom. The maximum Gasteiger partial charge on any atom is 0.269 e. The molecule has 0 saturated carbocycles. The number of ether oxygens (including phenoxy) is 1. The zero-order valence-corrected chi connectivity index (χ0v) is 7.01. The van der Waals surface area contributed by atoms with Crippen LogP contribution in [0.4, 0.5) is 0 Å². The van der Waals surface area contributed by atoms with Gasteiger partial charge in [-0.05, 0) is 6.07 Å². The van der Waals surface area contributed by atoms with Crippen LogP contribution >= 0.6 is 11.6 Å². The molecule has 0 aromatic carbocycles. The van der Waals surface area contributed by atoms with Gasteiger partial charge in [-0.15, -0.1) is 0 Å². The first-order chi connectivity index (χ1) is 5.69. The summed E-state index contributed by atoms with van der Waals surface area (Å²) >= 11 is 5.46. The highest BCUT2D eigenvalue weighted by Gasteiger charge is 2.05. The molecule has 0 bridgehead atoms. The summed E-state index contributed by atoms with van der Waals surface area (Å²) in [7, 11) is 1.35. The van der Waals surface area contributed by atoms with Gasteiger partial charge in [0, 0.05) is 0 Å². The number of carbonyl (C=O) groups is 1. The lowest BCUT2D eigenvalue weighted by atomic mass is 10.3. The van der Waals surface area contributed by atoms with Crippen LogP contribution in [-0.4, -0.2) is 18.4 Å². The molecule has 0 spiro atoms. The molecule has 64 valence electrons. The van der Waals surface area contributed by atoms with E-state index in [-0.39, 0.29) is 16.5 Å². The second-order valence-electron chi connectivity index (χ2n) is 2.05. The van der Waals surface area contributed by atoms with Gasteiger partial charge in [-0.25, -0.2) is 0 Å². The van der Waals surface area contributed by atoms with Crippen LogP contribution in [-0.2, 0) is 0 Å². The van der Waals surface area contributed by atoms with E-state index in [0.29, 0.717) is 6.29 Å². The topological polar surface area (TPSA) is 59.2 Å². The minimum absolute atomic E-state index is 0.0297. The average molecular weight is 188 g/mol. The maximum absolute atomic E-state index is 10.9. The Morgan fingerprint density at radius 2 is 2.33 bits per heavy atom. The van der Waals surface area contributed by atoms with Crippen LogP contribution in [0.1, 0.15) is 10.4 Å². The highest BCUT2D eigenvalue weighted by atomic mass is 35.5. The van der Waals surface area contributed by atoms with Gasteiger partial charge >= 0.3 is 0 Å². The number of aromatic amines is 1. The number of nitrogens with one attached hydrogen (secondary N) is 1. The SMILES string of the molecule is COc1[nH]c(=O)c(Cl)cc1C=O. The van der Waals surface area contributed by atoms with Crippen molar-refractivity contribution in [1.29, 1.82) is 0 Å². The third kappa shape index (κ3) is 1.48. The second kappa shape index (κ2) is 3.40. The van der Waals surface area contributed by atoms with Crippen LogP contribution in [0.15, 0.2) is 10.9 Å². The number of halogens is 1. The van der Waals surface area contributed by atoms with Crippen molar-refractivity contribution in [2.75, 3.05) is 7.11 Å². The number of H-pyrrole nitrogens is 1. The summed E-state index contributed by atoms with van der Waals surface area (Å²) in [5.41, 5.74) is -0.249. The molecular weight excluding hydrogens is 182 g/mol. The number of carbonyl (C=O) groups excluding carboxylic acids is 1. The molecule has 0 aliphatic heterocycles. The number of methoxy groups -OCH3 is 1. The van der Waals surface area contributed by atoms with Crippen molar-refractivity contribution in [3.63, 3.8) is 0 Å². The van der Waals surface area contributed by atoms with Gasteiger partial charge in [0.05, 0.1) is 12.7 Å². The first-order valence-electron chi connectivity index (χ1n) is 3.11. The Kier molecular flexibility index (Phi) is 2.50. The highest BCUT2D eigenvalue weighted by molar-refractivity contribution is 6.30. The number of hydrogen-bond donors (Lipinski definition) is 1. The maximum atomic E-state index is 10.9. The van der Waals surface area contributed by atoms with E-state index in [0.717, 1.165) is 0 Å². The molecular formula is C7H6ClNO3. The smallest absolute Gasteiger partial charge is 0.269 e. The van der Waals surface area contributed by atoms with Gasteiger partial charge in [0.1, 0.15) is 5.02 Å². The Morgan fingerprint density at radius 1 is 1.67 bits per heavy atom. The largest absolute Gasteiger partial charge is 0.482 e. The zero-order chi connectivity index (χ0) is 9.14. The molecule has 0 aliphatic rings. The van der Waals surface area contributed by atoms with Crippen molar-refractivity contribution >= 4 is 17.9 Å². The number of aromatic nitrogens is 1. The molecule has 0 amide bonds. The molecule has 1 aromatic rings. The van der Waals surface area contributed by atoms with Crippen molar-refractivity contribution in [3.8, 4) is 5.88 Å². The summed E-state index contributed by atoms with van der Waals surface area (Å²) in [5.74, 6) is 0.124. The van der Waals surface area contributed by atoms with E-state index in [1.54, 1.807) is 0 Å². The van der Waals surface area contributed by atoms with Crippen LogP contribution in [0.5, 0.6) is 5.88 Å². The molecule has 1 aromatic heterocycles. The Bertz CT molecular complexity index is 358. The van der Waals surface area contributed by atoms with Crippen LogP contribution in [0.25, 0.3) is 0 Å². The third-order valence-corrected chi connectivity index (χ3v) is 1.60. The van der Waals surface area contributed by atoms with Crippen LogP contribution in [0.3, 0.4) is 0 Å². The Labute approximate surface area is 73.1 Å². The normalized spacial score (nSPS) is 9.50. The van der Waals surface area contributed by atoms with Gasteiger partial charge < -0.3 is 4.74 Å². The van der Waals surface area contributed by atoms with Gasteiger partial charge in [-0.3, -0.25) is 14.6 Å². The predicted molar refractivity (Wildman–Crippen MR) is 44.0 cm³/mol. The number of pyridine rings is 1. The Balaban J connectivity index is 3.38. The lowest BCUT2D eigenvalue weighted by molar-refractivity contribution is 0.112. The minimum atomic E-state index is -0.473. The van der Waals surface area contributed by atoms with E-state index < -0.39 is 5.56 Å². The monoisotopic (exact) mass is 187 g/mol. The van der Waals surface area contributed by atoms with Crippen LogP contribution in [0, 0.1) is 0 Å². The average Bonchev–Trinajstić information content (AvgIpc) is 2.09. The molecule has 0 radical (unpaired) electrons. The van der Waals surface area contributed by atoms with Gasteiger partial charge in [-0.1, -0.05) is 11.6 Å². The molecule has 0 saturated heterocycles. The summed E-state index contributed by atoms with van der Waals surface area (Å²) < 4.78 is 4.73. The lowest BCUT2D eigenvalue weighted by Crippen LogP contribution is -2.09. The fraction of sp³-hybridized carbons (Fsp3) is 0.143. The van der Waals surface area contributed by atoms with Gasteiger partial charge in [0.15, 0.2) is 6.29 Å². The predicted octanol–water partition coefficient (Wildman–Crippen LogP) is 0.849. The van der Waals surface area contributed by atoms with Crippen molar-refractivity contribution in [1.82, 2.24) is 4.98 Å². The van der Waals surface area contributed by atoms with Crippen molar-refractivity contribution in [3.05, 3.63) is 27.0 Å². The van der Waals surface area contributed by atoms with Crippen molar-refractivity contribution < 1.29 is 9.53 Å². The molecule has 1 rings (SSSR count). The van der Waals surface area contributed by atoms with Gasteiger partial charge in [0.2, 0.25) is 5.88 Å². The highest BCUT2D eigenvalue weighted by Crippen LogP contribution is 2.13. The standard InChI is InChI=1S/C7H6ClNO3/c1-12-7-4(3-10)2-5(8)6(11)9-7/h2-3H,1H3,(H,9,11). The molecule has 1 heterocycles. The van der Waals surface area contributed by atoms with Crippen molar-refractivity contribution in [2.24, 2.45) is 0 Å². The number of aldehydes is 1. The first kappa shape index (κ1) is 8.80.